The Morgan fingerprint density at radius 2 is 1.74 bits per heavy atom. The first kappa shape index (κ1) is 17.4. The molecule has 1 amide bonds. The summed E-state index contributed by atoms with van der Waals surface area (Å²) in [5, 5.41) is 3.46. The largest absolute Gasteiger partial charge is 0.481 e. The van der Waals surface area contributed by atoms with Gasteiger partial charge in [0.1, 0.15) is 5.75 Å². The average molecular weight is 332 g/mol. The van der Waals surface area contributed by atoms with Gasteiger partial charge in [-0.25, -0.2) is 0 Å². The summed E-state index contributed by atoms with van der Waals surface area (Å²) in [4.78, 5) is 12.3. The maximum atomic E-state index is 12.3. The Bertz CT molecular complexity index is 680. The van der Waals surface area contributed by atoms with E-state index in [9.17, 15) is 4.79 Å². The van der Waals surface area contributed by atoms with Crippen molar-refractivity contribution in [1.82, 2.24) is 0 Å². The van der Waals surface area contributed by atoms with Gasteiger partial charge >= 0.3 is 0 Å². The Kier molecular flexibility index (Phi) is 5.67. The number of halogens is 1. The molecule has 0 fully saturated rings. The molecular formula is C19H22ClNO2. The van der Waals surface area contributed by atoms with Crippen molar-refractivity contribution in [2.24, 2.45) is 0 Å². The van der Waals surface area contributed by atoms with Gasteiger partial charge in [-0.1, -0.05) is 37.6 Å². The molecule has 0 unspecified atom stereocenters. The molecule has 0 saturated carbocycles. The second kappa shape index (κ2) is 7.51. The number of carbonyl (C=O) groups excluding carboxylic acids is 1. The van der Waals surface area contributed by atoms with E-state index in [2.05, 4.69) is 31.3 Å². The molecule has 0 aromatic heterocycles. The van der Waals surface area contributed by atoms with Crippen molar-refractivity contribution >= 4 is 23.2 Å². The molecule has 0 bridgehead atoms. The van der Waals surface area contributed by atoms with Crippen LogP contribution in [0.2, 0.25) is 5.02 Å². The van der Waals surface area contributed by atoms with Gasteiger partial charge in [-0.3, -0.25) is 4.79 Å². The fraction of sp³-hybridized carbons (Fsp3) is 0.316. The van der Waals surface area contributed by atoms with Crippen molar-refractivity contribution in [3.05, 3.63) is 58.6 Å². The van der Waals surface area contributed by atoms with Crippen LogP contribution in [0.25, 0.3) is 0 Å². The van der Waals surface area contributed by atoms with Gasteiger partial charge in [-0.05, 0) is 61.2 Å². The Hall–Kier alpha value is -2.00. The molecule has 0 aliphatic rings. The third-order valence-electron chi connectivity index (χ3n) is 3.58. The van der Waals surface area contributed by atoms with Gasteiger partial charge in [0.25, 0.3) is 5.91 Å². The fourth-order valence-corrected chi connectivity index (χ4v) is 2.37. The normalized spacial score (nSPS) is 12.1. The van der Waals surface area contributed by atoms with Crippen molar-refractivity contribution in [2.75, 3.05) is 5.32 Å². The topological polar surface area (TPSA) is 38.3 Å². The first-order valence-electron chi connectivity index (χ1n) is 7.70. The van der Waals surface area contributed by atoms with Gasteiger partial charge in [-0.15, -0.1) is 0 Å². The zero-order valence-electron chi connectivity index (χ0n) is 13.9. The molecule has 0 heterocycles. The summed E-state index contributed by atoms with van der Waals surface area (Å²) in [6.45, 7) is 7.97. The number of hydrogen-bond donors (Lipinski definition) is 1. The Morgan fingerprint density at radius 3 is 2.35 bits per heavy atom. The lowest BCUT2D eigenvalue weighted by atomic mass is 10.0. The highest BCUT2D eigenvalue weighted by Gasteiger charge is 2.17. The lowest BCUT2D eigenvalue weighted by Crippen LogP contribution is -2.30. The Balaban J connectivity index is 2.09. The Morgan fingerprint density at radius 1 is 1.09 bits per heavy atom. The zero-order chi connectivity index (χ0) is 17.0. The van der Waals surface area contributed by atoms with Crippen LogP contribution in [0.4, 0.5) is 5.69 Å². The number of amides is 1. The molecule has 0 aliphatic carbocycles. The summed E-state index contributed by atoms with van der Waals surface area (Å²) in [6, 6.07) is 13.1. The van der Waals surface area contributed by atoms with Gasteiger partial charge in [0.15, 0.2) is 6.10 Å². The number of rotatable bonds is 5. The second-order valence-electron chi connectivity index (χ2n) is 5.95. The number of hydrogen-bond acceptors (Lipinski definition) is 2. The third-order valence-corrected chi connectivity index (χ3v) is 3.83. The zero-order valence-corrected chi connectivity index (χ0v) is 14.6. The molecule has 0 radical (unpaired) electrons. The number of benzene rings is 2. The van der Waals surface area contributed by atoms with E-state index in [4.69, 9.17) is 16.3 Å². The van der Waals surface area contributed by atoms with Crippen LogP contribution >= 0.6 is 11.6 Å². The minimum absolute atomic E-state index is 0.191. The molecule has 122 valence electrons. The van der Waals surface area contributed by atoms with E-state index >= 15 is 0 Å². The first-order chi connectivity index (χ1) is 10.9. The van der Waals surface area contributed by atoms with Crippen LogP contribution in [-0.4, -0.2) is 12.0 Å². The van der Waals surface area contributed by atoms with Crippen molar-refractivity contribution in [3.8, 4) is 5.75 Å². The van der Waals surface area contributed by atoms with Crippen molar-refractivity contribution in [3.63, 3.8) is 0 Å². The van der Waals surface area contributed by atoms with Crippen LogP contribution in [0.15, 0.2) is 42.5 Å². The highest BCUT2D eigenvalue weighted by molar-refractivity contribution is 6.30. The molecule has 0 saturated heterocycles. The predicted octanol–water partition coefficient (Wildman–Crippen LogP) is 5.18. The lowest BCUT2D eigenvalue weighted by molar-refractivity contribution is -0.122. The standard InChI is InChI=1S/C19H22ClNO2/c1-12(2)17-10-5-13(3)11-18(17)23-14(4)19(22)21-16-8-6-15(20)7-9-16/h5-12,14H,1-4H3,(H,21,22)/t14-/m0/s1. The van der Waals surface area contributed by atoms with E-state index < -0.39 is 6.10 Å². The van der Waals surface area contributed by atoms with Crippen LogP contribution < -0.4 is 10.1 Å². The minimum Gasteiger partial charge on any atom is -0.481 e. The van der Waals surface area contributed by atoms with Crippen LogP contribution in [0.5, 0.6) is 5.75 Å². The van der Waals surface area contributed by atoms with Gasteiger partial charge in [0.05, 0.1) is 0 Å². The highest BCUT2D eigenvalue weighted by Crippen LogP contribution is 2.28. The van der Waals surface area contributed by atoms with Crippen LogP contribution in [0.1, 0.15) is 37.8 Å². The molecule has 0 aliphatic heterocycles. The van der Waals surface area contributed by atoms with Gasteiger partial charge in [0, 0.05) is 10.7 Å². The molecule has 2 aromatic carbocycles. The van der Waals surface area contributed by atoms with Crippen molar-refractivity contribution in [2.45, 2.75) is 39.7 Å². The van der Waals surface area contributed by atoms with Crippen LogP contribution in [0.3, 0.4) is 0 Å². The molecule has 1 N–H and O–H groups in total. The molecule has 2 rings (SSSR count). The quantitative estimate of drug-likeness (QED) is 0.820. The number of aryl methyl sites for hydroxylation is 1. The Labute approximate surface area is 142 Å². The van der Waals surface area contributed by atoms with E-state index in [0.29, 0.717) is 16.6 Å². The van der Waals surface area contributed by atoms with E-state index in [1.54, 1.807) is 31.2 Å². The van der Waals surface area contributed by atoms with Crippen LogP contribution in [0, 0.1) is 6.92 Å². The van der Waals surface area contributed by atoms with Gasteiger partial charge < -0.3 is 10.1 Å². The first-order valence-corrected chi connectivity index (χ1v) is 8.08. The molecule has 2 aromatic rings. The SMILES string of the molecule is Cc1ccc(C(C)C)c(O[C@@H](C)C(=O)Nc2ccc(Cl)cc2)c1. The third kappa shape index (κ3) is 4.73. The number of anilines is 1. The summed E-state index contributed by atoms with van der Waals surface area (Å²) in [5.74, 6) is 0.902. The predicted molar refractivity (Wildman–Crippen MR) is 95.4 cm³/mol. The van der Waals surface area contributed by atoms with E-state index in [1.807, 2.05) is 13.0 Å². The maximum Gasteiger partial charge on any atom is 0.265 e. The van der Waals surface area contributed by atoms with E-state index in [0.717, 1.165) is 16.9 Å². The summed E-state index contributed by atoms with van der Waals surface area (Å²) in [5.41, 5.74) is 2.90. The molecule has 4 heteroatoms. The molecule has 23 heavy (non-hydrogen) atoms. The highest BCUT2D eigenvalue weighted by atomic mass is 35.5. The average Bonchev–Trinajstić information content (AvgIpc) is 2.49. The summed E-state index contributed by atoms with van der Waals surface area (Å²) in [6.07, 6.45) is -0.593. The van der Waals surface area contributed by atoms with Crippen molar-refractivity contribution in [1.29, 1.82) is 0 Å². The van der Waals surface area contributed by atoms with E-state index in [1.165, 1.54) is 0 Å². The maximum absolute atomic E-state index is 12.3. The fourth-order valence-electron chi connectivity index (χ4n) is 2.24. The molecular weight excluding hydrogens is 310 g/mol. The summed E-state index contributed by atoms with van der Waals surface area (Å²) in [7, 11) is 0. The summed E-state index contributed by atoms with van der Waals surface area (Å²) < 4.78 is 5.91. The van der Waals surface area contributed by atoms with E-state index in [-0.39, 0.29) is 5.91 Å². The molecule has 1 atom stereocenters. The van der Waals surface area contributed by atoms with Crippen molar-refractivity contribution < 1.29 is 9.53 Å². The lowest BCUT2D eigenvalue weighted by Gasteiger charge is -2.19. The number of nitrogens with one attached hydrogen (secondary N) is 1. The van der Waals surface area contributed by atoms with Gasteiger partial charge in [0.2, 0.25) is 0 Å². The minimum atomic E-state index is -0.593. The monoisotopic (exact) mass is 331 g/mol. The van der Waals surface area contributed by atoms with Crippen LogP contribution in [-0.2, 0) is 4.79 Å². The molecule has 3 nitrogen and oxygen atoms in total. The smallest absolute Gasteiger partial charge is 0.265 e. The number of ether oxygens (including phenoxy) is 1. The number of carbonyl (C=O) groups is 1. The second-order valence-corrected chi connectivity index (χ2v) is 6.39. The summed E-state index contributed by atoms with van der Waals surface area (Å²) >= 11 is 5.84. The molecule has 0 spiro atoms. The van der Waals surface area contributed by atoms with Gasteiger partial charge in [-0.2, -0.15) is 0 Å².